The summed E-state index contributed by atoms with van der Waals surface area (Å²) in [5.41, 5.74) is -0.225. The Labute approximate surface area is 169 Å². The van der Waals surface area contributed by atoms with Gasteiger partial charge >= 0.3 is 0 Å². The molecule has 3 N–H and O–H groups in total. The number of anilines is 1. The van der Waals surface area contributed by atoms with E-state index in [0.717, 1.165) is 24.2 Å². The summed E-state index contributed by atoms with van der Waals surface area (Å²) in [5.74, 6) is -0.448. The van der Waals surface area contributed by atoms with Gasteiger partial charge in [-0.05, 0) is 38.0 Å². The SMILES string of the molecule is C[C@@H](C(=O)NC1(C#N)CCCCC1)[NH+](C)CC(=O)Nc1ccc(Cl)c(Cl)c1. The van der Waals surface area contributed by atoms with E-state index in [2.05, 4.69) is 16.7 Å². The summed E-state index contributed by atoms with van der Waals surface area (Å²) in [6.45, 7) is 1.86. The number of rotatable bonds is 6. The Morgan fingerprint density at radius 2 is 1.93 bits per heavy atom. The van der Waals surface area contributed by atoms with Gasteiger partial charge in [0.2, 0.25) is 0 Å². The average molecular weight is 412 g/mol. The first-order valence-corrected chi connectivity index (χ1v) is 9.82. The summed E-state index contributed by atoms with van der Waals surface area (Å²) in [6.07, 6.45) is 4.33. The minimum Gasteiger partial charge on any atom is -0.333 e. The summed E-state index contributed by atoms with van der Waals surface area (Å²) >= 11 is 11.8. The summed E-state index contributed by atoms with van der Waals surface area (Å²) in [5, 5.41) is 15.9. The summed E-state index contributed by atoms with van der Waals surface area (Å²) in [6, 6.07) is 6.67. The zero-order valence-electron chi connectivity index (χ0n) is 15.6. The van der Waals surface area contributed by atoms with Crippen LogP contribution in [-0.4, -0.2) is 37.0 Å². The number of quaternary nitrogens is 1. The highest BCUT2D eigenvalue weighted by molar-refractivity contribution is 6.42. The molecule has 6 nitrogen and oxygen atoms in total. The Hall–Kier alpha value is -1.81. The molecule has 1 aromatic rings. The molecule has 1 aliphatic carbocycles. The normalized spacial score (nSPS) is 18.0. The van der Waals surface area contributed by atoms with Crippen molar-refractivity contribution in [2.45, 2.75) is 50.6 Å². The van der Waals surface area contributed by atoms with Gasteiger partial charge in [0.15, 0.2) is 12.6 Å². The molecule has 1 aromatic carbocycles. The zero-order chi connectivity index (χ0) is 20.0. The van der Waals surface area contributed by atoms with E-state index in [1.807, 2.05) is 0 Å². The first-order valence-electron chi connectivity index (χ1n) is 9.07. The van der Waals surface area contributed by atoms with Gasteiger partial charge in [-0.15, -0.1) is 0 Å². The van der Waals surface area contributed by atoms with Crippen molar-refractivity contribution >= 4 is 40.7 Å². The zero-order valence-corrected chi connectivity index (χ0v) is 17.1. The van der Waals surface area contributed by atoms with Gasteiger partial charge in [-0.3, -0.25) is 9.59 Å². The second-order valence-electron chi connectivity index (χ2n) is 7.17. The lowest BCUT2D eigenvalue weighted by Crippen LogP contribution is -3.15. The molecule has 0 aliphatic heterocycles. The highest BCUT2D eigenvalue weighted by atomic mass is 35.5. The molecule has 0 aromatic heterocycles. The fourth-order valence-electron chi connectivity index (χ4n) is 3.17. The topological polar surface area (TPSA) is 86.4 Å². The molecule has 2 atom stereocenters. The second kappa shape index (κ2) is 9.41. The number of carbonyl (C=O) groups is 2. The molecule has 1 unspecified atom stereocenters. The molecule has 0 radical (unpaired) electrons. The quantitative estimate of drug-likeness (QED) is 0.670. The van der Waals surface area contributed by atoms with Gasteiger partial charge in [-0.2, -0.15) is 5.26 Å². The van der Waals surface area contributed by atoms with Gasteiger partial charge in [-0.1, -0.05) is 42.5 Å². The Morgan fingerprint density at radius 3 is 2.52 bits per heavy atom. The molecular formula is C19H25Cl2N4O2+. The van der Waals surface area contributed by atoms with Crippen LogP contribution in [-0.2, 0) is 9.59 Å². The lowest BCUT2D eigenvalue weighted by Gasteiger charge is -2.33. The maximum atomic E-state index is 12.6. The standard InChI is InChI=1S/C19H24Cl2N4O2/c1-13(18(27)24-19(12-22)8-4-3-5-9-19)25(2)11-17(26)23-14-6-7-15(20)16(21)10-14/h6-7,10,13H,3-5,8-9,11H2,1-2H3,(H,23,26)(H,24,27)/p+1/t13-/m0/s1. The Kier molecular flexibility index (Phi) is 7.49. The molecule has 146 valence electrons. The molecule has 27 heavy (non-hydrogen) atoms. The molecule has 1 saturated carbocycles. The Balaban J connectivity index is 1.90. The smallest absolute Gasteiger partial charge is 0.279 e. The fraction of sp³-hybridized carbons (Fsp3) is 0.526. The predicted molar refractivity (Wildman–Crippen MR) is 106 cm³/mol. The van der Waals surface area contributed by atoms with E-state index in [0.29, 0.717) is 28.6 Å². The molecule has 0 bridgehead atoms. The highest BCUT2D eigenvalue weighted by Gasteiger charge is 2.36. The van der Waals surface area contributed by atoms with Crippen LogP contribution in [0.1, 0.15) is 39.0 Å². The summed E-state index contributed by atoms with van der Waals surface area (Å²) in [4.78, 5) is 25.6. The van der Waals surface area contributed by atoms with Crippen LogP contribution >= 0.6 is 23.2 Å². The Bertz CT molecular complexity index is 742. The van der Waals surface area contributed by atoms with Gasteiger partial charge in [0.25, 0.3) is 11.8 Å². The number of nitriles is 1. The first-order chi connectivity index (χ1) is 12.8. The van der Waals surface area contributed by atoms with E-state index in [4.69, 9.17) is 23.2 Å². The number of hydrogen-bond donors (Lipinski definition) is 3. The molecule has 8 heteroatoms. The number of amides is 2. The van der Waals surface area contributed by atoms with E-state index in [9.17, 15) is 14.9 Å². The highest BCUT2D eigenvalue weighted by Crippen LogP contribution is 2.27. The molecular weight excluding hydrogens is 387 g/mol. The third-order valence-electron chi connectivity index (χ3n) is 5.06. The van der Waals surface area contributed by atoms with Crippen molar-refractivity contribution in [3.63, 3.8) is 0 Å². The summed E-state index contributed by atoms with van der Waals surface area (Å²) in [7, 11) is 1.78. The molecule has 1 fully saturated rings. The number of likely N-dealkylation sites (N-methyl/N-ethyl adjacent to an activating group) is 1. The van der Waals surface area contributed by atoms with E-state index in [1.54, 1.807) is 32.2 Å². The van der Waals surface area contributed by atoms with Crippen molar-refractivity contribution in [1.82, 2.24) is 5.32 Å². The minimum absolute atomic E-state index is 0.106. The Morgan fingerprint density at radius 1 is 1.26 bits per heavy atom. The van der Waals surface area contributed by atoms with Crippen LogP contribution in [0.3, 0.4) is 0 Å². The second-order valence-corrected chi connectivity index (χ2v) is 7.98. The summed E-state index contributed by atoms with van der Waals surface area (Å²) < 4.78 is 0. The molecule has 2 rings (SSSR count). The van der Waals surface area contributed by atoms with Crippen LogP contribution < -0.4 is 15.5 Å². The predicted octanol–water partition coefficient (Wildman–Crippen LogP) is 2.18. The third kappa shape index (κ3) is 5.83. The van der Waals surface area contributed by atoms with Crippen molar-refractivity contribution in [2.24, 2.45) is 0 Å². The molecule has 0 saturated heterocycles. The van der Waals surface area contributed by atoms with Gasteiger partial charge in [0, 0.05) is 5.69 Å². The lowest BCUT2D eigenvalue weighted by atomic mass is 9.82. The number of halogens is 2. The van der Waals surface area contributed by atoms with Gasteiger partial charge in [-0.25, -0.2) is 0 Å². The van der Waals surface area contributed by atoms with E-state index < -0.39 is 11.6 Å². The van der Waals surface area contributed by atoms with E-state index in [1.165, 1.54) is 0 Å². The van der Waals surface area contributed by atoms with Gasteiger partial charge in [0.05, 0.1) is 23.2 Å². The number of benzene rings is 1. The maximum Gasteiger partial charge on any atom is 0.279 e. The van der Waals surface area contributed by atoms with Crippen LogP contribution in [0.4, 0.5) is 5.69 Å². The molecule has 1 aliphatic rings. The van der Waals surface area contributed by atoms with E-state index in [-0.39, 0.29) is 18.4 Å². The van der Waals surface area contributed by atoms with Gasteiger partial charge in [0.1, 0.15) is 5.54 Å². The number of carbonyl (C=O) groups excluding carboxylic acids is 2. The number of hydrogen-bond acceptors (Lipinski definition) is 3. The van der Waals surface area contributed by atoms with Crippen molar-refractivity contribution in [3.8, 4) is 6.07 Å². The fourth-order valence-corrected chi connectivity index (χ4v) is 3.47. The first kappa shape index (κ1) is 21.5. The van der Waals surface area contributed by atoms with Crippen LogP contribution in [0, 0.1) is 11.3 Å². The number of nitrogens with one attached hydrogen (secondary N) is 3. The van der Waals surface area contributed by atoms with Crippen LogP contribution in [0.5, 0.6) is 0 Å². The van der Waals surface area contributed by atoms with Crippen LogP contribution in [0.2, 0.25) is 10.0 Å². The van der Waals surface area contributed by atoms with Gasteiger partial charge < -0.3 is 15.5 Å². The monoisotopic (exact) mass is 411 g/mol. The third-order valence-corrected chi connectivity index (χ3v) is 5.80. The maximum absolute atomic E-state index is 12.6. The minimum atomic E-state index is -0.772. The molecule has 0 spiro atoms. The number of nitrogens with zero attached hydrogens (tertiary/aromatic N) is 1. The molecule has 0 heterocycles. The molecule has 2 amide bonds. The van der Waals surface area contributed by atoms with Crippen LogP contribution in [0.15, 0.2) is 18.2 Å². The van der Waals surface area contributed by atoms with Crippen molar-refractivity contribution in [1.29, 1.82) is 5.26 Å². The van der Waals surface area contributed by atoms with Crippen molar-refractivity contribution in [3.05, 3.63) is 28.2 Å². The largest absolute Gasteiger partial charge is 0.333 e. The van der Waals surface area contributed by atoms with Crippen LogP contribution in [0.25, 0.3) is 0 Å². The van der Waals surface area contributed by atoms with E-state index >= 15 is 0 Å². The average Bonchev–Trinajstić information content (AvgIpc) is 2.64. The lowest BCUT2D eigenvalue weighted by molar-refractivity contribution is -0.885. The van der Waals surface area contributed by atoms with Crippen molar-refractivity contribution in [2.75, 3.05) is 18.9 Å². The van der Waals surface area contributed by atoms with Crippen molar-refractivity contribution < 1.29 is 14.5 Å².